The average Bonchev–Trinajstić information content (AvgIpc) is 3.22. The van der Waals surface area contributed by atoms with Crippen molar-refractivity contribution in [3.05, 3.63) is 212 Å². The molecule has 52 heavy (non-hydrogen) atoms. The fraction of sp³-hybridized carbons (Fsp3) is 0.0400. The summed E-state index contributed by atoms with van der Waals surface area (Å²) in [5.41, 5.74) is 11.8. The highest BCUT2D eigenvalue weighted by Gasteiger charge is 2.17. The van der Waals surface area contributed by atoms with E-state index in [1.165, 1.54) is 49.5 Å². The summed E-state index contributed by atoms with van der Waals surface area (Å²) >= 11 is 0. The number of rotatable bonds is 8. The van der Waals surface area contributed by atoms with Gasteiger partial charge in [0.05, 0.1) is 0 Å². The maximum atomic E-state index is 2.35. The van der Waals surface area contributed by atoms with E-state index in [-0.39, 0.29) is 0 Å². The molecule has 0 N–H and O–H groups in total. The smallest absolute Gasteiger partial charge is 0.0468 e. The Kier molecular flexibility index (Phi) is 8.40. The van der Waals surface area contributed by atoms with E-state index in [0.29, 0.717) is 0 Å². The van der Waals surface area contributed by atoms with Crippen LogP contribution in [0.15, 0.2) is 212 Å². The quantitative estimate of drug-likeness (QED) is 0.159. The summed E-state index contributed by atoms with van der Waals surface area (Å²) in [6.07, 6.45) is 9.00. The van der Waals surface area contributed by atoms with Crippen molar-refractivity contribution in [2.24, 2.45) is 0 Å². The second kappa shape index (κ2) is 13.9. The van der Waals surface area contributed by atoms with Crippen molar-refractivity contribution in [2.75, 3.05) is 9.80 Å². The van der Waals surface area contributed by atoms with Gasteiger partial charge in [0.15, 0.2) is 0 Å². The largest absolute Gasteiger partial charge is 0.311 e. The normalized spacial score (nSPS) is 12.5. The average molecular weight is 667 g/mol. The van der Waals surface area contributed by atoms with Crippen molar-refractivity contribution < 1.29 is 0 Å². The molecule has 0 bridgehead atoms. The van der Waals surface area contributed by atoms with Crippen molar-refractivity contribution in [1.29, 1.82) is 0 Å². The number of nitrogens with zero attached hydrogens (tertiary/aromatic N) is 2. The first-order valence-electron chi connectivity index (χ1n) is 18.1. The van der Waals surface area contributed by atoms with Crippen LogP contribution >= 0.6 is 0 Å². The first-order chi connectivity index (χ1) is 25.8. The Morgan fingerprint density at radius 3 is 1.44 bits per heavy atom. The summed E-state index contributed by atoms with van der Waals surface area (Å²) in [4.78, 5) is 4.69. The first-order valence-corrected chi connectivity index (χ1v) is 18.1. The zero-order valence-corrected chi connectivity index (χ0v) is 28.9. The fourth-order valence-corrected chi connectivity index (χ4v) is 7.53. The molecule has 0 fully saturated rings. The molecule has 248 valence electrons. The van der Waals surface area contributed by atoms with Crippen LogP contribution in [0.1, 0.15) is 12.8 Å². The highest BCUT2D eigenvalue weighted by molar-refractivity contribution is 6.06. The van der Waals surface area contributed by atoms with Crippen molar-refractivity contribution in [3.8, 4) is 22.3 Å². The van der Waals surface area contributed by atoms with Gasteiger partial charge in [-0.2, -0.15) is 0 Å². The highest BCUT2D eigenvalue weighted by Crippen LogP contribution is 2.41. The van der Waals surface area contributed by atoms with Crippen molar-refractivity contribution in [1.82, 2.24) is 0 Å². The van der Waals surface area contributed by atoms with Gasteiger partial charge in [-0.25, -0.2) is 0 Å². The van der Waals surface area contributed by atoms with Crippen LogP contribution < -0.4 is 9.80 Å². The molecular weight excluding hydrogens is 629 g/mol. The zero-order chi connectivity index (χ0) is 34.7. The Bertz CT molecular complexity index is 2540. The SMILES string of the molecule is C1=CC(N(c2ccccc2)c2ccc(-c3cccc4cccc(-c5ccc(N(c6ccccc6)c6ccc7ccccc7c6)cc5)c34)cc2)=CCC1. The van der Waals surface area contributed by atoms with Gasteiger partial charge in [-0.3, -0.25) is 0 Å². The van der Waals surface area contributed by atoms with E-state index in [4.69, 9.17) is 0 Å². The Morgan fingerprint density at radius 1 is 0.346 bits per heavy atom. The predicted molar refractivity (Wildman–Crippen MR) is 222 cm³/mol. The van der Waals surface area contributed by atoms with Gasteiger partial charge in [0, 0.05) is 34.1 Å². The molecule has 0 saturated heterocycles. The van der Waals surface area contributed by atoms with Crippen LogP contribution in [0.25, 0.3) is 43.8 Å². The van der Waals surface area contributed by atoms with E-state index in [9.17, 15) is 0 Å². The maximum absolute atomic E-state index is 2.35. The molecule has 0 saturated carbocycles. The molecule has 9 rings (SSSR count). The minimum Gasteiger partial charge on any atom is -0.311 e. The van der Waals surface area contributed by atoms with Crippen molar-refractivity contribution in [3.63, 3.8) is 0 Å². The van der Waals surface area contributed by atoms with E-state index in [0.717, 1.165) is 41.3 Å². The number of hydrogen-bond acceptors (Lipinski definition) is 2. The van der Waals surface area contributed by atoms with Gasteiger partial charge in [-0.05, 0) is 123 Å². The molecule has 0 heterocycles. The molecule has 2 heteroatoms. The Morgan fingerprint density at radius 2 is 0.846 bits per heavy atom. The van der Waals surface area contributed by atoms with Gasteiger partial charge >= 0.3 is 0 Å². The maximum Gasteiger partial charge on any atom is 0.0468 e. The Labute approximate surface area is 305 Å². The molecule has 8 aromatic carbocycles. The lowest BCUT2D eigenvalue weighted by Crippen LogP contribution is -2.16. The van der Waals surface area contributed by atoms with E-state index in [1.807, 2.05) is 0 Å². The van der Waals surface area contributed by atoms with Crippen LogP contribution in [-0.4, -0.2) is 0 Å². The van der Waals surface area contributed by atoms with Crippen LogP contribution in [0.2, 0.25) is 0 Å². The molecule has 0 aliphatic heterocycles. The third kappa shape index (κ3) is 6.05. The summed E-state index contributed by atoms with van der Waals surface area (Å²) in [7, 11) is 0. The van der Waals surface area contributed by atoms with E-state index < -0.39 is 0 Å². The second-order valence-corrected chi connectivity index (χ2v) is 13.3. The molecule has 0 radical (unpaired) electrons. The molecular formula is C50H38N2. The van der Waals surface area contributed by atoms with Gasteiger partial charge in [0.2, 0.25) is 0 Å². The Hall–Kier alpha value is -6.64. The zero-order valence-electron chi connectivity index (χ0n) is 28.9. The van der Waals surface area contributed by atoms with Crippen LogP contribution in [0.3, 0.4) is 0 Å². The number of benzene rings is 8. The fourth-order valence-electron chi connectivity index (χ4n) is 7.53. The summed E-state index contributed by atoms with van der Waals surface area (Å²) in [5.74, 6) is 0. The molecule has 0 aromatic heterocycles. The van der Waals surface area contributed by atoms with Crippen molar-refractivity contribution in [2.45, 2.75) is 12.8 Å². The minimum atomic E-state index is 1.06. The number of anilines is 5. The van der Waals surface area contributed by atoms with E-state index in [1.54, 1.807) is 0 Å². The van der Waals surface area contributed by atoms with Crippen LogP contribution in [0.5, 0.6) is 0 Å². The number of para-hydroxylation sites is 2. The van der Waals surface area contributed by atoms with Gasteiger partial charge < -0.3 is 9.80 Å². The number of hydrogen-bond donors (Lipinski definition) is 0. The van der Waals surface area contributed by atoms with Crippen LogP contribution in [0, 0.1) is 0 Å². The topological polar surface area (TPSA) is 6.48 Å². The standard InChI is InChI=1S/C50H38N2/c1-4-18-42(19-5-1)51(43-20-6-2-7-21-43)45-31-27-38(28-32-45)48-24-12-16-40-17-13-25-49(50(40)48)39-29-33-46(34-30-39)52(44-22-8-3-9-23-44)47-35-26-37-14-10-11-15-41(37)36-47/h1,3-6,8-36H,2,7H2. The molecule has 0 atom stereocenters. The molecule has 0 spiro atoms. The van der Waals surface area contributed by atoms with Gasteiger partial charge in [0.1, 0.15) is 0 Å². The van der Waals surface area contributed by atoms with Crippen LogP contribution in [0.4, 0.5) is 28.4 Å². The van der Waals surface area contributed by atoms with E-state index in [2.05, 4.69) is 216 Å². The summed E-state index contributed by atoms with van der Waals surface area (Å²) in [6, 6.07) is 67.9. The van der Waals surface area contributed by atoms with Crippen LogP contribution in [-0.2, 0) is 0 Å². The third-order valence-electron chi connectivity index (χ3n) is 10.0. The molecule has 0 amide bonds. The lowest BCUT2D eigenvalue weighted by Gasteiger charge is -2.27. The monoisotopic (exact) mass is 666 g/mol. The predicted octanol–water partition coefficient (Wildman–Crippen LogP) is 14.2. The van der Waals surface area contributed by atoms with Gasteiger partial charge in [-0.1, -0.05) is 140 Å². The lowest BCUT2D eigenvalue weighted by atomic mass is 9.91. The summed E-state index contributed by atoms with van der Waals surface area (Å²) in [6.45, 7) is 0. The third-order valence-corrected chi connectivity index (χ3v) is 10.0. The van der Waals surface area contributed by atoms with E-state index >= 15 is 0 Å². The van der Waals surface area contributed by atoms with Gasteiger partial charge in [-0.15, -0.1) is 0 Å². The number of fused-ring (bicyclic) bond motifs is 2. The minimum absolute atomic E-state index is 1.06. The second-order valence-electron chi connectivity index (χ2n) is 13.3. The molecule has 2 nitrogen and oxygen atoms in total. The summed E-state index contributed by atoms with van der Waals surface area (Å²) < 4.78 is 0. The van der Waals surface area contributed by atoms with Crippen molar-refractivity contribution >= 4 is 50.0 Å². The Balaban J connectivity index is 1.09. The summed E-state index contributed by atoms with van der Waals surface area (Å²) in [5, 5.41) is 4.96. The molecule has 1 aliphatic rings. The number of allylic oxidation sites excluding steroid dienone is 3. The van der Waals surface area contributed by atoms with Gasteiger partial charge in [0.25, 0.3) is 0 Å². The molecule has 0 unspecified atom stereocenters. The first kappa shape index (κ1) is 31.3. The molecule has 1 aliphatic carbocycles. The molecule has 8 aromatic rings. The lowest BCUT2D eigenvalue weighted by molar-refractivity contribution is 0.997. The highest BCUT2D eigenvalue weighted by atomic mass is 15.1.